The molecule has 2 rings (SSSR count). The number of thioether (sulfide) groups is 2. The number of fused-ring (bicyclic) bond motifs is 1. The van der Waals surface area contributed by atoms with Crippen LogP contribution in [-0.4, -0.2) is 17.9 Å². The van der Waals surface area contributed by atoms with Crippen molar-refractivity contribution in [2.75, 3.05) is 23.1 Å². The second kappa shape index (κ2) is 3.74. The van der Waals surface area contributed by atoms with Crippen molar-refractivity contribution in [3.8, 4) is 0 Å². The zero-order chi connectivity index (χ0) is 10.1. The van der Waals surface area contributed by atoms with Gasteiger partial charge in [-0.15, -0.1) is 23.5 Å². The number of benzene rings is 1. The van der Waals surface area contributed by atoms with Crippen LogP contribution in [0.1, 0.15) is 0 Å². The topological polar surface area (TPSA) is 55.1 Å². The molecule has 0 atom stereocenters. The lowest BCUT2D eigenvalue weighted by atomic mass is 10.2. The van der Waals surface area contributed by atoms with Gasteiger partial charge in [0, 0.05) is 10.6 Å². The number of hydrogen-bond acceptors (Lipinski definition) is 4. The molecular weight excluding hydrogens is 216 g/mol. The summed E-state index contributed by atoms with van der Waals surface area (Å²) in [6.45, 7) is 0. The Balaban J connectivity index is 2.48. The van der Waals surface area contributed by atoms with Crippen molar-refractivity contribution < 1.29 is 4.79 Å². The van der Waals surface area contributed by atoms with Crippen LogP contribution < -0.4 is 11.1 Å². The monoisotopic (exact) mass is 226 g/mol. The second-order valence-corrected chi connectivity index (χ2v) is 4.80. The molecule has 0 aliphatic carbocycles. The van der Waals surface area contributed by atoms with Gasteiger partial charge in [-0.1, -0.05) is 0 Å². The normalized spacial score (nSPS) is 14.8. The highest BCUT2D eigenvalue weighted by Gasteiger charge is 2.18. The molecular formula is C9H10N2OS2. The fraction of sp³-hybridized carbons (Fsp3) is 0.222. The van der Waals surface area contributed by atoms with Crippen LogP contribution >= 0.6 is 23.5 Å². The van der Waals surface area contributed by atoms with Crippen LogP contribution in [-0.2, 0) is 4.79 Å². The summed E-state index contributed by atoms with van der Waals surface area (Å²) >= 11 is 3.11. The summed E-state index contributed by atoms with van der Waals surface area (Å²) in [5, 5.41) is 2.82. The number of carbonyl (C=O) groups is 1. The third-order valence-corrected chi connectivity index (χ3v) is 3.81. The van der Waals surface area contributed by atoms with E-state index in [4.69, 9.17) is 5.73 Å². The lowest BCUT2D eigenvalue weighted by molar-refractivity contribution is -0.113. The minimum Gasteiger partial charge on any atom is -0.398 e. The number of nitrogens with two attached hydrogens (primary N) is 1. The maximum absolute atomic E-state index is 11.2. The van der Waals surface area contributed by atoms with Gasteiger partial charge in [0.2, 0.25) is 5.91 Å². The molecule has 0 radical (unpaired) electrons. The van der Waals surface area contributed by atoms with Crippen LogP contribution in [0.25, 0.3) is 0 Å². The summed E-state index contributed by atoms with van der Waals surface area (Å²) in [6, 6.07) is 3.90. The first kappa shape index (κ1) is 9.73. The average molecular weight is 226 g/mol. The van der Waals surface area contributed by atoms with Gasteiger partial charge in [-0.05, 0) is 18.4 Å². The maximum Gasteiger partial charge on any atom is 0.234 e. The first-order valence-electron chi connectivity index (χ1n) is 4.11. The van der Waals surface area contributed by atoms with Crippen LogP contribution in [0.3, 0.4) is 0 Å². The summed E-state index contributed by atoms with van der Waals surface area (Å²) in [5.74, 6) is 0.496. The van der Waals surface area contributed by atoms with Gasteiger partial charge in [-0.3, -0.25) is 4.79 Å². The number of anilines is 2. The molecule has 1 aromatic carbocycles. The van der Waals surface area contributed by atoms with Crippen molar-refractivity contribution in [3.63, 3.8) is 0 Å². The predicted molar refractivity (Wildman–Crippen MR) is 62.0 cm³/mol. The van der Waals surface area contributed by atoms with Crippen molar-refractivity contribution in [2.24, 2.45) is 0 Å². The number of carbonyl (C=O) groups excluding carboxylic acids is 1. The Hall–Kier alpha value is -0.810. The second-order valence-electron chi connectivity index (χ2n) is 2.93. The van der Waals surface area contributed by atoms with Crippen molar-refractivity contribution in [1.29, 1.82) is 0 Å². The van der Waals surface area contributed by atoms with E-state index in [1.54, 1.807) is 11.8 Å². The molecule has 1 heterocycles. The Kier molecular flexibility index (Phi) is 2.60. The molecule has 0 spiro atoms. The zero-order valence-corrected chi connectivity index (χ0v) is 9.30. The molecule has 0 fully saturated rings. The van der Waals surface area contributed by atoms with E-state index >= 15 is 0 Å². The van der Waals surface area contributed by atoms with Crippen molar-refractivity contribution in [3.05, 3.63) is 12.1 Å². The minimum atomic E-state index is 0.0418. The highest BCUT2D eigenvalue weighted by atomic mass is 32.2. The first-order chi connectivity index (χ1) is 6.70. The van der Waals surface area contributed by atoms with Crippen LogP contribution in [0.4, 0.5) is 11.4 Å². The molecule has 5 heteroatoms. The summed E-state index contributed by atoms with van der Waals surface area (Å²) < 4.78 is 0. The molecule has 1 aromatic rings. The highest BCUT2D eigenvalue weighted by Crippen LogP contribution is 2.38. The van der Waals surface area contributed by atoms with E-state index in [1.165, 1.54) is 11.8 Å². The molecule has 74 valence electrons. The van der Waals surface area contributed by atoms with Crippen molar-refractivity contribution >= 4 is 40.8 Å². The average Bonchev–Trinajstić information content (AvgIpc) is 2.16. The highest BCUT2D eigenvalue weighted by molar-refractivity contribution is 8.00. The van der Waals surface area contributed by atoms with E-state index in [0.717, 1.165) is 21.2 Å². The molecule has 0 saturated carbocycles. The van der Waals surface area contributed by atoms with Gasteiger partial charge < -0.3 is 11.1 Å². The zero-order valence-electron chi connectivity index (χ0n) is 7.66. The number of hydrogen-bond donors (Lipinski definition) is 2. The van der Waals surface area contributed by atoms with E-state index in [9.17, 15) is 4.79 Å². The Bertz CT molecular complexity index is 393. The molecule has 3 N–H and O–H groups in total. The standard InChI is InChI=1S/C9H10N2OS2/c1-13-5-2-6(10)9-7(3-5)11-8(12)4-14-9/h2-3H,4,10H2,1H3,(H,11,12). The Morgan fingerprint density at radius 1 is 1.57 bits per heavy atom. The van der Waals surface area contributed by atoms with E-state index in [0.29, 0.717) is 5.75 Å². The Morgan fingerprint density at radius 3 is 3.07 bits per heavy atom. The fourth-order valence-electron chi connectivity index (χ4n) is 1.32. The van der Waals surface area contributed by atoms with Gasteiger partial charge in [0.05, 0.1) is 16.3 Å². The van der Waals surface area contributed by atoms with Gasteiger partial charge in [0.25, 0.3) is 0 Å². The molecule has 1 aliphatic heterocycles. The molecule has 0 aromatic heterocycles. The molecule has 1 amide bonds. The van der Waals surface area contributed by atoms with Crippen LogP contribution in [0.5, 0.6) is 0 Å². The van der Waals surface area contributed by atoms with Gasteiger partial charge >= 0.3 is 0 Å². The quantitative estimate of drug-likeness (QED) is 0.568. The minimum absolute atomic E-state index is 0.0418. The third kappa shape index (κ3) is 1.69. The molecule has 0 unspecified atom stereocenters. The van der Waals surface area contributed by atoms with E-state index in [2.05, 4.69) is 5.32 Å². The molecule has 0 bridgehead atoms. The number of amides is 1. The molecule has 1 aliphatic rings. The van der Waals surface area contributed by atoms with Gasteiger partial charge in [0.15, 0.2) is 0 Å². The lowest BCUT2D eigenvalue weighted by Gasteiger charge is -2.18. The van der Waals surface area contributed by atoms with Crippen molar-refractivity contribution in [2.45, 2.75) is 9.79 Å². The van der Waals surface area contributed by atoms with Crippen LogP contribution in [0.2, 0.25) is 0 Å². The third-order valence-electron chi connectivity index (χ3n) is 1.95. The van der Waals surface area contributed by atoms with E-state index < -0.39 is 0 Å². The Labute approximate surface area is 90.8 Å². The summed E-state index contributed by atoms with van der Waals surface area (Å²) in [4.78, 5) is 13.2. The van der Waals surface area contributed by atoms with E-state index in [1.807, 2.05) is 18.4 Å². The van der Waals surface area contributed by atoms with Gasteiger partial charge in [0.1, 0.15) is 0 Å². The first-order valence-corrected chi connectivity index (χ1v) is 6.32. The molecule has 14 heavy (non-hydrogen) atoms. The number of rotatable bonds is 1. The Morgan fingerprint density at radius 2 is 2.36 bits per heavy atom. The molecule has 3 nitrogen and oxygen atoms in total. The predicted octanol–water partition coefficient (Wildman–Crippen LogP) is 2.03. The smallest absolute Gasteiger partial charge is 0.234 e. The summed E-state index contributed by atoms with van der Waals surface area (Å²) in [5.41, 5.74) is 7.47. The summed E-state index contributed by atoms with van der Waals surface area (Å²) in [7, 11) is 0. The lowest BCUT2D eigenvalue weighted by Crippen LogP contribution is -2.19. The van der Waals surface area contributed by atoms with Gasteiger partial charge in [-0.2, -0.15) is 0 Å². The summed E-state index contributed by atoms with van der Waals surface area (Å²) in [6.07, 6.45) is 1.99. The van der Waals surface area contributed by atoms with Crippen LogP contribution in [0, 0.1) is 0 Å². The molecule has 0 saturated heterocycles. The maximum atomic E-state index is 11.2. The van der Waals surface area contributed by atoms with Crippen LogP contribution in [0.15, 0.2) is 21.9 Å². The largest absolute Gasteiger partial charge is 0.398 e. The van der Waals surface area contributed by atoms with Crippen molar-refractivity contribution in [1.82, 2.24) is 0 Å². The number of nitrogens with one attached hydrogen (secondary N) is 1. The SMILES string of the molecule is CSc1cc(N)c2c(c1)NC(=O)CS2. The van der Waals surface area contributed by atoms with E-state index in [-0.39, 0.29) is 5.91 Å². The number of nitrogen functional groups attached to an aromatic ring is 1. The fourth-order valence-corrected chi connectivity index (χ4v) is 2.64. The van der Waals surface area contributed by atoms with Gasteiger partial charge in [-0.25, -0.2) is 0 Å².